The van der Waals surface area contributed by atoms with Crippen LogP contribution in [0.3, 0.4) is 0 Å². The summed E-state index contributed by atoms with van der Waals surface area (Å²) in [6.45, 7) is 6.92. The zero-order valence-corrected chi connectivity index (χ0v) is 13.5. The van der Waals surface area contributed by atoms with Crippen LogP contribution in [0.25, 0.3) is 11.6 Å². The van der Waals surface area contributed by atoms with Crippen molar-refractivity contribution in [3.05, 3.63) is 28.1 Å². The lowest BCUT2D eigenvalue weighted by Crippen LogP contribution is -2.07. The fourth-order valence-electron chi connectivity index (χ4n) is 1.79. The van der Waals surface area contributed by atoms with Gasteiger partial charge in [0.05, 0.1) is 10.2 Å². The fraction of sp³-hybridized carbons (Fsp3) is 0.429. The molecule has 20 heavy (non-hydrogen) atoms. The third kappa shape index (κ3) is 3.30. The van der Waals surface area contributed by atoms with Crippen LogP contribution in [0.15, 0.2) is 16.9 Å². The Bertz CT molecular complexity index is 556. The molecule has 6 heteroatoms. The van der Waals surface area contributed by atoms with Crippen molar-refractivity contribution >= 4 is 21.7 Å². The van der Waals surface area contributed by atoms with Gasteiger partial charge in [-0.1, -0.05) is 13.3 Å². The molecule has 0 aliphatic carbocycles. The molecule has 0 aromatic carbocycles. The molecule has 0 unspecified atom stereocenters. The van der Waals surface area contributed by atoms with Crippen LogP contribution in [0, 0.1) is 6.92 Å². The molecule has 0 bridgehead atoms. The third-order valence-electron chi connectivity index (χ3n) is 2.73. The van der Waals surface area contributed by atoms with E-state index in [1.807, 2.05) is 13.8 Å². The molecule has 2 aromatic heterocycles. The molecule has 2 aromatic rings. The predicted octanol–water partition coefficient (Wildman–Crippen LogP) is 3.39. The molecule has 106 valence electrons. The van der Waals surface area contributed by atoms with Crippen molar-refractivity contribution in [1.82, 2.24) is 19.9 Å². The highest BCUT2D eigenvalue weighted by atomic mass is 79.9. The second-order valence-corrected chi connectivity index (χ2v) is 5.31. The Balaban J connectivity index is 2.49. The first-order chi connectivity index (χ1) is 9.65. The summed E-state index contributed by atoms with van der Waals surface area (Å²) in [6, 6.07) is 0. The van der Waals surface area contributed by atoms with Gasteiger partial charge in [0, 0.05) is 18.9 Å². The van der Waals surface area contributed by atoms with E-state index >= 15 is 0 Å². The van der Waals surface area contributed by atoms with Crippen molar-refractivity contribution < 1.29 is 0 Å². The zero-order valence-electron chi connectivity index (χ0n) is 11.9. The maximum Gasteiger partial charge on any atom is 0.200 e. The van der Waals surface area contributed by atoms with Crippen LogP contribution in [0.5, 0.6) is 0 Å². The third-order valence-corrected chi connectivity index (χ3v) is 3.57. The van der Waals surface area contributed by atoms with E-state index in [0.29, 0.717) is 11.6 Å². The maximum atomic E-state index is 4.58. The first-order valence-electron chi connectivity index (χ1n) is 6.75. The first-order valence-corrected chi connectivity index (χ1v) is 7.54. The van der Waals surface area contributed by atoms with Crippen LogP contribution in [0.1, 0.15) is 31.5 Å². The number of nitrogens with zero attached hydrogens (tertiary/aromatic N) is 4. The lowest BCUT2D eigenvalue weighted by Gasteiger charge is -2.11. The number of halogens is 1. The summed E-state index contributed by atoms with van der Waals surface area (Å²) in [5.41, 5.74) is 2.00. The fourth-order valence-corrected chi connectivity index (χ4v) is 2.30. The molecular weight excluding hydrogens is 318 g/mol. The Labute approximate surface area is 127 Å². The van der Waals surface area contributed by atoms with Crippen molar-refractivity contribution in [2.24, 2.45) is 0 Å². The smallest absolute Gasteiger partial charge is 0.200 e. The van der Waals surface area contributed by atoms with Gasteiger partial charge in [-0.2, -0.15) is 0 Å². The summed E-state index contributed by atoms with van der Waals surface area (Å²) < 4.78 is 0.928. The van der Waals surface area contributed by atoms with Crippen LogP contribution in [0.4, 0.5) is 5.82 Å². The number of hydrogen-bond donors (Lipinski definition) is 1. The quantitative estimate of drug-likeness (QED) is 0.907. The predicted molar refractivity (Wildman–Crippen MR) is 83.7 cm³/mol. The molecular formula is C14H18BrN5. The molecule has 0 amide bonds. The van der Waals surface area contributed by atoms with E-state index in [0.717, 1.165) is 40.9 Å². The van der Waals surface area contributed by atoms with E-state index in [1.54, 1.807) is 12.4 Å². The van der Waals surface area contributed by atoms with Gasteiger partial charge in [0.15, 0.2) is 11.6 Å². The zero-order chi connectivity index (χ0) is 14.5. The summed E-state index contributed by atoms with van der Waals surface area (Å²) in [7, 11) is 0. The van der Waals surface area contributed by atoms with E-state index < -0.39 is 0 Å². The Morgan fingerprint density at radius 1 is 1.10 bits per heavy atom. The topological polar surface area (TPSA) is 63.6 Å². The van der Waals surface area contributed by atoms with Crippen molar-refractivity contribution in [1.29, 1.82) is 0 Å². The molecule has 0 saturated carbocycles. The SMILES string of the molecule is CCCc1nc(-c2ncc(C)cn2)nc(NCC)c1Br. The van der Waals surface area contributed by atoms with E-state index in [9.17, 15) is 0 Å². The Morgan fingerprint density at radius 3 is 2.40 bits per heavy atom. The monoisotopic (exact) mass is 335 g/mol. The second kappa shape index (κ2) is 6.74. The van der Waals surface area contributed by atoms with Crippen LogP contribution in [0.2, 0.25) is 0 Å². The minimum atomic E-state index is 0.555. The summed E-state index contributed by atoms with van der Waals surface area (Å²) in [6.07, 6.45) is 5.47. The largest absolute Gasteiger partial charge is 0.369 e. The minimum Gasteiger partial charge on any atom is -0.369 e. The van der Waals surface area contributed by atoms with Gasteiger partial charge in [-0.3, -0.25) is 0 Å². The van der Waals surface area contributed by atoms with Gasteiger partial charge in [0.2, 0.25) is 0 Å². The van der Waals surface area contributed by atoms with Crippen LogP contribution in [-0.2, 0) is 6.42 Å². The van der Waals surface area contributed by atoms with Crippen LogP contribution in [-0.4, -0.2) is 26.5 Å². The second-order valence-electron chi connectivity index (χ2n) is 4.52. The van der Waals surface area contributed by atoms with Crippen LogP contribution < -0.4 is 5.32 Å². The molecule has 0 atom stereocenters. The summed E-state index contributed by atoms with van der Waals surface area (Å²) >= 11 is 3.57. The Morgan fingerprint density at radius 2 is 1.80 bits per heavy atom. The average Bonchev–Trinajstić information content (AvgIpc) is 2.44. The van der Waals surface area contributed by atoms with Gasteiger partial charge in [0.25, 0.3) is 0 Å². The summed E-state index contributed by atoms with van der Waals surface area (Å²) in [4.78, 5) is 17.7. The molecule has 0 spiro atoms. The number of nitrogens with one attached hydrogen (secondary N) is 1. The van der Waals surface area contributed by atoms with Crippen molar-refractivity contribution in [3.63, 3.8) is 0 Å². The Kier molecular flexibility index (Phi) is 5.00. The highest BCUT2D eigenvalue weighted by Gasteiger charge is 2.14. The molecule has 0 radical (unpaired) electrons. The van der Waals surface area contributed by atoms with Gasteiger partial charge in [0.1, 0.15) is 5.82 Å². The van der Waals surface area contributed by atoms with E-state index in [2.05, 4.69) is 48.1 Å². The molecule has 0 saturated heterocycles. The standard InChI is InChI=1S/C14H18BrN5/c1-4-6-10-11(15)12(16-5-2)20-14(19-10)13-17-7-9(3)8-18-13/h7-8H,4-6H2,1-3H3,(H,16,19,20). The summed E-state index contributed by atoms with van der Waals surface area (Å²) in [5.74, 6) is 1.91. The number of aromatic nitrogens is 4. The van der Waals surface area contributed by atoms with Gasteiger partial charge in [-0.05, 0) is 41.8 Å². The van der Waals surface area contributed by atoms with Gasteiger partial charge >= 0.3 is 0 Å². The van der Waals surface area contributed by atoms with Crippen molar-refractivity contribution in [2.75, 3.05) is 11.9 Å². The number of hydrogen-bond acceptors (Lipinski definition) is 5. The highest BCUT2D eigenvalue weighted by molar-refractivity contribution is 9.10. The summed E-state index contributed by atoms with van der Waals surface area (Å²) in [5, 5.41) is 3.24. The lowest BCUT2D eigenvalue weighted by atomic mass is 10.2. The Hall–Kier alpha value is -1.56. The number of anilines is 1. The van der Waals surface area contributed by atoms with Crippen molar-refractivity contribution in [2.45, 2.75) is 33.6 Å². The van der Waals surface area contributed by atoms with Crippen LogP contribution >= 0.6 is 15.9 Å². The van der Waals surface area contributed by atoms with E-state index in [4.69, 9.17) is 0 Å². The molecule has 0 fully saturated rings. The molecule has 0 aliphatic rings. The molecule has 5 nitrogen and oxygen atoms in total. The van der Waals surface area contributed by atoms with Gasteiger partial charge in [-0.25, -0.2) is 19.9 Å². The lowest BCUT2D eigenvalue weighted by molar-refractivity contribution is 0.863. The normalized spacial score (nSPS) is 10.6. The maximum absolute atomic E-state index is 4.58. The van der Waals surface area contributed by atoms with E-state index in [1.165, 1.54) is 0 Å². The van der Waals surface area contributed by atoms with Gasteiger partial charge < -0.3 is 5.32 Å². The minimum absolute atomic E-state index is 0.555. The average molecular weight is 336 g/mol. The van der Waals surface area contributed by atoms with E-state index in [-0.39, 0.29) is 0 Å². The first kappa shape index (κ1) is 14.8. The highest BCUT2D eigenvalue weighted by Crippen LogP contribution is 2.26. The number of aryl methyl sites for hydroxylation is 2. The molecule has 2 rings (SSSR count). The molecule has 1 N–H and O–H groups in total. The molecule has 2 heterocycles. The van der Waals surface area contributed by atoms with Crippen molar-refractivity contribution in [3.8, 4) is 11.6 Å². The number of rotatable bonds is 5. The molecule has 0 aliphatic heterocycles. The van der Waals surface area contributed by atoms with Gasteiger partial charge in [-0.15, -0.1) is 0 Å².